The van der Waals surface area contributed by atoms with Crippen LogP contribution in [0, 0.1) is 5.41 Å². The Morgan fingerprint density at radius 3 is 2.43 bits per heavy atom. The van der Waals surface area contributed by atoms with Crippen LogP contribution in [-0.2, 0) is 14.4 Å². The monoisotopic (exact) mass is 343 g/mol. The Morgan fingerprint density at radius 2 is 1.91 bits per heavy atom. The van der Waals surface area contributed by atoms with E-state index < -0.39 is 6.04 Å². The molecule has 1 aliphatic rings. The van der Waals surface area contributed by atoms with Gasteiger partial charge in [0.05, 0.1) is 12.4 Å². The second-order valence-electron chi connectivity index (χ2n) is 7.53. The Labute approximate surface area is 143 Å². The first kappa shape index (κ1) is 19.8. The van der Waals surface area contributed by atoms with Crippen LogP contribution in [0.5, 0.6) is 0 Å². The molecule has 1 fully saturated rings. The average Bonchev–Trinajstić information content (AvgIpc) is 2.83. The summed E-state index contributed by atoms with van der Waals surface area (Å²) in [5, 5.41) is 2.77. The molecule has 0 radical (unpaired) electrons. The van der Waals surface area contributed by atoms with E-state index in [2.05, 4.69) is 5.32 Å². The van der Waals surface area contributed by atoms with Gasteiger partial charge >= 0.3 is 0 Å². The molecule has 7 heteroatoms. The molecule has 3 amide bonds. The molecule has 0 aromatic carbocycles. The maximum absolute atomic E-state index is 12.6. The lowest BCUT2D eigenvalue weighted by atomic mass is 9.91. The summed E-state index contributed by atoms with van der Waals surface area (Å²) in [4.78, 5) is 39.9. The summed E-state index contributed by atoms with van der Waals surface area (Å²) in [7, 11) is 1.61. The Bertz CT molecular complexity index is 460. The van der Waals surface area contributed by atoms with Crippen molar-refractivity contribution in [3.05, 3.63) is 0 Å². The van der Waals surface area contributed by atoms with E-state index >= 15 is 0 Å². The highest BCUT2D eigenvalue weighted by Gasteiger charge is 2.37. The minimum absolute atomic E-state index is 0.000817. The van der Waals surface area contributed by atoms with Crippen LogP contribution in [-0.4, -0.2) is 64.8 Å². The lowest BCUT2D eigenvalue weighted by molar-refractivity contribution is -0.144. The van der Waals surface area contributed by atoms with Gasteiger partial charge in [0, 0.05) is 25.3 Å². The van der Waals surface area contributed by atoms with E-state index in [0.717, 1.165) is 0 Å². The van der Waals surface area contributed by atoms with Crippen molar-refractivity contribution < 1.29 is 14.4 Å². The topological polar surface area (TPSA) is 69.7 Å². The van der Waals surface area contributed by atoms with Crippen molar-refractivity contribution in [1.29, 1.82) is 0 Å². The molecule has 0 aromatic rings. The van der Waals surface area contributed by atoms with Crippen molar-refractivity contribution in [2.24, 2.45) is 5.41 Å². The van der Waals surface area contributed by atoms with Crippen LogP contribution >= 0.6 is 11.8 Å². The van der Waals surface area contributed by atoms with Gasteiger partial charge < -0.3 is 15.1 Å². The van der Waals surface area contributed by atoms with E-state index in [4.69, 9.17) is 0 Å². The van der Waals surface area contributed by atoms with Gasteiger partial charge in [-0.2, -0.15) is 0 Å². The quantitative estimate of drug-likeness (QED) is 0.817. The van der Waals surface area contributed by atoms with Gasteiger partial charge in [0.25, 0.3) is 0 Å². The fourth-order valence-corrected chi connectivity index (χ4v) is 3.54. The standard InChI is InChI=1S/C16H29N3O3S/c1-11(2)17-13(20)8-18(6)15(22)12-9-23-10-19(12)14(21)7-16(3,4)5/h11-12H,7-10H2,1-6H3,(H,17,20)/t12-/m1/s1. The Morgan fingerprint density at radius 1 is 1.30 bits per heavy atom. The van der Waals surface area contributed by atoms with Crippen LogP contribution in [0.15, 0.2) is 0 Å². The Kier molecular flexibility index (Phi) is 6.92. The molecule has 0 saturated carbocycles. The van der Waals surface area contributed by atoms with Crippen LogP contribution in [0.1, 0.15) is 41.0 Å². The van der Waals surface area contributed by atoms with Crippen molar-refractivity contribution in [3.63, 3.8) is 0 Å². The molecular formula is C16H29N3O3S. The maximum Gasteiger partial charge on any atom is 0.246 e. The number of rotatable bonds is 5. The lowest BCUT2D eigenvalue weighted by Crippen LogP contribution is -2.50. The average molecular weight is 343 g/mol. The molecular weight excluding hydrogens is 314 g/mol. The predicted molar refractivity (Wildman–Crippen MR) is 92.9 cm³/mol. The molecule has 132 valence electrons. The summed E-state index contributed by atoms with van der Waals surface area (Å²) in [6.45, 7) is 9.79. The molecule has 0 aromatic heterocycles. The van der Waals surface area contributed by atoms with Crippen LogP contribution in [0.4, 0.5) is 0 Å². The molecule has 0 bridgehead atoms. The number of carbonyl (C=O) groups is 3. The van der Waals surface area contributed by atoms with Gasteiger partial charge in [0.2, 0.25) is 17.7 Å². The molecule has 1 rings (SSSR count). The van der Waals surface area contributed by atoms with E-state index in [1.807, 2.05) is 34.6 Å². The number of nitrogens with one attached hydrogen (secondary N) is 1. The van der Waals surface area contributed by atoms with E-state index in [-0.39, 0.29) is 35.7 Å². The van der Waals surface area contributed by atoms with Crippen molar-refractivity contribution in [2.45, 2.75) is 53.1 Å². The molecule has 1 heterocycles. The van der Waals surface area contributed by atoms with E-state index in [9.17, 15) is 14.4 Å². The highest BCUT2D eigenvalue weighted by Crippen LogP contribution is 2.27. The minimum Gasteiger partial charge on any atom is -0.352 e. The van der Waals surface area contributed by atoms with E-state index in [0.29, 0.717) is 18.1 Å². The van der Waals surface area contributed by atoms with E-state index in [1.165, 1.54) is 4.90 Å². The molecule has 0 aliphatic carbocycles. The van der Waals surface area contributed by atoms with Crippen LogP contribution < -0.4 is 5.32 Å². The molecule has 6 nitrogen and oxygen atoms in total. The predicted octanol–water partition coefficient (Wildman–Crippen LogP) is 1.31. The number of nitrogens with zero attached hydrogens (tertiary/aromatic N) is 2. The van der Waals surface area contributed by atoms with Gasteiger partial charge in [-0.3, -0.25) is 14.4 Å². The number of thioether (sulfide) groups is 1. The number of amides is 3. The second kappa shape index (κ2) is 8.04. The molecule has 1 saturated heterocycles. The smallest absolute Gasteiger partial charge is 0.246 e. The first-order chi connectivity index (χ1) is 10.5. The van der Waals surface area contributed by atoms with E-state index in [1.54, 1.807) is 23.7 Å². The lowest BCUT2D eigenvalue weighted by Gasteiger charge is -2.29. The van der Waals surface area contributed by atoms with Crippen molar-refractivity contribution in [3.8, 4) is 0 Å². The maximum atomic E-state index is 12.6. The largest absolute Gasteiger partial charge is 0.352 e. The zero-order chi connectivity index (χ0) is 17.8. The second-order valence-corrected chi connectivity index (χ2v) is 8.53. The summed E-state index contributed by atoms with van der Waals surface area (Å²) < 4.78 is 0. The summed E-state index contributed by atoms with van der Waals surface area (Å²) in [6, 6.07) is -0.426. The summed E-state index contributed by atoms with van der Waals surface area (Å²) in [6.07, 6.45) is 0.412. The van der Waals surface area contributed by atoms with Gasteiger partial charge in [-0.1, -0.05) is 20.8 Å². The number of carbonyl (C=O) groups excluding carboxylic acids is 3. The Hall–Kier alpha value is -1.24. The number of likely N-dealkylation sites (N-methyl/N-ethyl adjacent to an activating group) is 1. The normalized spacial score (nSPS) is 18.2. The van der Waals surface area contributed by atoms with Crippen LogP contribution in [0.3, 0.4) is 0 Å². The van der Waals surface area contributed by atoms with Crippen LogP contribution in [0.25, 0.3) is 0 Å². The molecule has 1 aliphatic heterocycles. The highest BCUT2D eigenvalue weighted by atomic mass is 32.2. The third kappa shape index (κ3) is 6.41. The van der Waals surface area contributed by atoms with Gasteiger partial charge in [-0.05, 0) is 19.3 Å². The SMILES string of the molecule is CC(C)NC(=O)CN(C)C(=O)[C@H]1CSCN1C(=O)CC(C)(C)C. The first-order valence-electron chi connectivity index (χ1n) is 7.93. The Balaban J connectivity index is 2.66. The number of hydrogen-bond acceptors (Lipinski definition) is 4. The fraction of sp³-hybridized carbons (Fsp3) is 0.812. The van der Waals surface area contributed by atoms with Crippen molar-refractivity contribution in [2.75, 3.05) is 25.2 Å². The minimum atomic E-state index is -0.466. The van der Waals surface area contributed by atoms with Crippen molar-refractivity contribution in [1.82, 2.24) is 15.1 Å². The summed E-state index contributed by atoms with van der Waals surface area (Å²) in [5.41, 5.74) is -0.110. The van der Waals surface area contributed by atoms with Crippen LogP contribution in [0.2, 0.25) is 0 Å². The molecule has 0 spiro atoms. The molecule has 0 unspecified atom stereocenters. The van der Waals surface area contributed by atoms with Gasteiger partial charge in [-0.25, -0.2) is 0 Å². The van der Waals surface area contributed by atoms with Gasteiger partial charge in [-0.15, -0.1) is 11.8 Å². The highest BCUT2D eigenvalue weighted by molar-refractivity contribution is 7.99. The zero-order valence-electron chi connectivity index (χ0n) is 15.0. The third-order valence-electron chi connectivity index (χ3n) is 3.38. The summed E-state index contributed by atoms with van der Waals surface area (Å²) in [5.74, 6) is 0.772. The molecule has 1 atom stereocenters. The molecule has 1 N–H and O–H groups in total. The summed E-state index contributed by atoms with van der Waals surface area (Å²) >= 11 is 1.58. The molecule has 23 heavy (non-hydrogen) atoms. The number of hydrogen-bond donors (Lipinski definition) is 1. The van der Waals surface area contributed by atoms with Gasteiger partial charge in [0.15, 0.2) is 0 Å². The first-order valence-corrected chi connectivity index (χ1v) is 9.08. The van der Waals surface area contributed by atoms with Crippen molar-refractivity contribution >= 4 is 29.5 Å². The third-order valence-corrected chi connectivity index (χ3v) is 4.39. The zero-order valence-corrected chi connectivity index (χ0v) is 15.8. The van der Waals surface area contributed by atoms with Gasteiger partial charge in [0.1, 0.15) is 6.04 Å². The fourth-order valence-electron chi connectivity index (χ4n) is 2.36.